The first-order valence-corrected chi connectivity index (χ1v) is 14.7. The summed E-state index contributed by atoms with van der Waals surface area (Å²) in [6.45, 7) is 1.35. The molecule has 0 aliphatic carbocycles. The molecule has 2 aromatic heterocycles. The van der Waals surface area contributed by atoms with E-state index >= 15 is 0 Å². The zero-order valence-corrected chi connectivity index (χ0v) is 22.8. The van der Waals surface area contributed by atoms with Crippen molar-refractivity contribution in [3.8, 4) is 11.5 Å². The summed E-state index contributed by atoms with van der Waals surface area (Å²) in [6, 6.07) is 13.4. The number of rotatable bonds is 8. The predicted octanol–water partition coefficient (Wildman–Crippen LogP) is 4.07. The number of carbonyl (C=O) groups excluding carboxylic acids is 1. The standard InChI is InChI=1S/C27H26N4O6S2/c1-30(16-20-5-3-11-35-20)39(33,34)21-8-6-19(7-9-21)26(32)31(15-18-4-2-10-28-14-18)27-29-22-12-23-24(37-17-36-23)13-25(22)38-27/h2,4,6-10,12-14,20H,3,5,11,15-17H2,1H3. The number of hydrogen-bond donors (Lipinski definition) is 0. The molecule has 0 radical (unpaired) electrons. The Morgan fingerprint density at radius 2 is 1.92 bits per heavy atom. The zero-order chi connectivity index (χ0) is 27.0. The van der Waals surface area contributed by atoms with Gasteiger partial charge in [0, 0.05) is 50.3 Å². The number of aromatic nitrogens is 2. The molecule has 10 nitrogen and oxygen atoms in total. The van der Waals surface area contributed by atoms with Crippen LogP contribution in [0.1, 0.15) is 28.8 Å². The van der Waals surface area contributed by atoms with Crippen molar-refractivity contribution in [3.63, 3.8) is 0 Å². The van der Waals surface area contributed by atoms with Crippen molar-refractivity contribution in [1.82, 2.24) is 14.3 Å². The monoisotopic (exact) mass is 566 g/mol. The lowest BCUT2D eigenvalue weighted by atomic mass is 10.2. The molecule has 0 N–H and O–H groups in total. The van der Waals surface area contributed by atoms with Gasteiger partial charge < -0.3 is 14.2 Å². The highest BCUT2D eigenvalue weighted by molar-refractivity contribution is 7.89. The first-order chi connectivity index (χ1) is 18.9. The predicted molar refractivity (Wildman–Crippen MR) is 146 cm³/mol. The van der Waals surface area contributed by atoms with Gasteiger partial charge in [-0.05, 0) is 48.7 Å². The summed E-state index contributed by atoms with van der Waals surface area (Å²) < 4.78 is 45.0. The Hall–Kier alpha value is -3.58. The lowest BCUT2D eigenvalue weighted by Gasteiger charge is -2.21. The minimum absolute atomic E-state index is 0.0974. The van der Waals surface area contributed by atoms with Gasteiger partial charge in [-0.25, -0.2) is 13.4 Å². The van der Waals surface area contributed by atoms with Crippen molar-refractivity contribution in [3.05, 3.63) is 72.1 Å². The molecule has 2 aliphatic rings. The third-order valence-corrected chi connectivity index (χ3v) is 9.58. The van der Waals surface area contributed by atoms with Crippen LogP contribution >= 0.6 is 11.3 Å². The summed E-state index contributed by atoms with van der Waals surface area (Å²) in [4.78, 5) is 24.4. The van der Waals surface area contributed by atoms with Crippen LogP contribution in [0.25, 0.3) is 10.2 Å². The first kappa shape index (κ1) is 25.7. The SMILES string of the molecule is CN(CC1CCCO1)S(=O)(=O)c1ccc(C(=O)N(Cc2cccnc2)c2nc3cc4c(cc3s2)OCO4)cc1. The number of thiazole rings is 1. The summed E-state index contributed by atoms with van der Waals surface area (Å²) in [7, 11) is -2.18. The smallest absolute Gasteiger partial charge is 0.260 e. The van der Waals surface area contributed by atoms with Crippen LogP contribution in [0.2, 0.25) is 0 Å². The normalized spacial score (nSPS) is 16.7. The fourth-order valence-corrected chi connectivity index (χ4v) is 6.78. The number of pyridine rings is 1. The first-order valence-electron chi connectivity index (χ1n) is 12.5. The Kier molecular flexibility index (Phi) is 6.94. The third-order valence-electron chi connectivity index (χ3n) is 6.71. The van der Waals surface area contributed by atoms with Crippen molar-refractivity contribution < 1.29 is 27.4 Å². The molecule has 6 rings (SSSR count). The highest BCUT2D eigenvalue weighted by Crippen LogP contribution is 2.40. The van der Waals surface area contributed by atoms with Gasteiger partial charge in [-0.15, -0.1) is 0 Å². The van der Waals surface area contributed by atoms with Gasteiger partial charge in [0.15, 0.2) is 16.6 Å². The number of fused-ring (bicyclic) bond motifs is 2. The molecule has 202 valence electrons. The van der Waals surface area contributed by atoms with E-state index in [2.05, 4.69) is 4.98 Å². The molecule has 0 bridgehead atoms. The number of likely N-dealkylation sites (N-methyl/N-ethyl adjacent to an activating group) is 1. The Morgan fingerprint density at radius 3 is 2.64 bits per heavy atom. The maximum Gasteiger partial charge on any atom is 0.260 e. The molecular formula is C27H26N4O6S2. The maximum absolute atomic E-state index is 13.8. The van der Waals surface area contributed by atoms with Gasteiger partial charge in [0.25, 0.3) is 5.91 Å². The average molecular weight is 567 g/mol. The molecule has 1 fully saturated rings. The van der Waals surface area contributed by atoms with E-state index in [1.54, 1.807) is 30.4 Å². The van der Waals surface area contributed by atoms with Crippen molar-refractivity contribution in [2.45, 2.75) is 30.4 Å². The van der Waals surface area contributed by atoms with Crippen molar-refractivity contribution in [2.24, 2.45) is 0 Å². The highest BCUT2D eigenvalue weighted by atomic mass is 32.2. The Labute approximate surface area is 229 Å². The largest absolute Gasteiger partial charge is 0.454 e. The van der Waals surface area contributed by atoms with Crippen molar-refractivity contribution in [2.75, 3.05) is 31.9 Å². The lowest BCUT2D eigenvalue weighted by molar-refractivity contribution is 0.0978. The van der Waals surface area contributed by atoms with E-state index in [-0.39, 0.29) is 30.2 Å². The van der Waals surface area contributed by atoms with Gasteiger partial charge in [0.1, 0.15) is 0 Å². The van der Waals surface area contributed by atoms with E-state index < -0.39 is 10.0 Å². The lowest BCUT2D eigenvalue weighted by Crippen LogP contribution is -2.34. The van der Waals surface area contributed by atoms with Gasteiger partial charge in [0.2, 0.25) is 16.8 Å². The second kappa shape index (κ2) is 10.5. The molecular weight excluding hydrogens is 540 g/mol. The zero-order valence-electron chi connectivity index (χ0n) is 21.1. The number of anilines is 1. The van der Waals surface area contributed by atoms with Gasteiger partial charge in [-0.3, -0.25) is 14.7 Å². The van der Waals surface area contributed by atoms with Crippen LogP contribution in [0, 0.1) is 0 Å². The number of carbonyl (C=O) groups is 1. The third kappa shape index (κ3) is 5.20. The number of sulfonamides is 1. The van der Waals surface area contributed by atoms with E-state index in [4.69, 9.17) is 19.2 Å². The summed E-state index contributed by atoms with van der Waals surface area (Å²) in [5.41, 5.74) is 1.86. The van der Waals surface area contributed by atoms with E-state index in [0.29, 0.717) is 40.9 Å². The van der Waals surface area contributed by atoms with Crippen LogP contribution in [0.4, 0.5) is 5.13 Å². The molecule has 1 atom stereocenters. The van der Waals surface area contributed by atoms with E-state index in [1.165, 1.54) is 39.9 Å². The summed E-state index contributed by atoms with van der Waals surface area (Å²) >= 11 is 1.36. The van der Waals surface area contributed by atoms with Crippen LogP contribution in [-0.2, 0) is 21.3 Å². The molecule has 4 aromatic rings. The summed E-state index contributed by atoms with van der Waals surface area (Å²) in [5.74, 6) is 0.949. The number of benzene rings is 2. The number of amides is 1. The Bertz CT molecular complexity index is 1560. The second-order valence-electron chi connectivity index (χ2n) is 9.37. The highest BCUT2D eigenvalue weighted by Gasteiger charge is 2.28. The molecule has 2 aromatic carbocycles. The Balaban J connectivity index is 1.28. The number of nitrogens with zero attached hydrogens (tertiary/aromatic N) is 4. The van der Waals surface area contributed by atoms with Crippen molar-refractivity contribution >= 4 is 42.6 Å². The van der Waals surface area contributed by atoms with E-state index in [9.17, 15) is 13.2 Å². The molecule has 4 heterocycles. The number of hydrogen-bond acceptors (Lipinski definition) is 9. The van der Waals surface area contributed by atoms with Gasteiger partial charge in [-0.2, -0.15) is 4.31 Å². The molecule has 39 heavy (non-hydrogen) atoms. The number of ether oxygens (including phenoxy) is 3. The van der Waals surface area contributed by atoms with Crippen LogP contribution in [0.15, 0.2) is 65.8 Å². The summed E-state index contributed by atoms with van der Waals surface area (Å²) in [5, 5.41) is 0.496. The Morgan fingerprint density at radius 1 is 1.13 bits per heavy atom. The molecule has 1 amide bonds. The molecule has 2 aliphatic heterocycles. The van der Waals surface area contributed by atoms with Crippen LogP contribution < -0.4 is 14.4 Å². The minimum Gasteiger partial charge on any atom is -0.454 e. The van der Waals surface area contributed by atoms with Gasteiger partial charge in [0.05, 0.1) is 27.8 Å². The molecule has 1 saturated heterocycles. The van der Waals surface area contributed by atoms with Crippen molar-refractivity contribution in [1.29, 1.82) is 0 Å². The average Bonchev–Trinajstić information content (AvgIpc) is 3.71. The quantitative estimate of drug-likeness (QED) is 0.314. The van der Waals surface area contributed by atoms with Gasteiger partial charge in [-0.1, -0.05) is 17.4 Å². The second-order valence-corrected chi connectivity index (χ2v) is 12.4. The maximum atomic E-state index is 13.8. The van der Waals surface area contributed by atoms with Crippen LogP contribution in [0.5, 0.6) is 11.5 Å². The minimum atomic E-state index is -3.73. The van der Waals surface area contributed by atoms with E-state index in [0.717, 1.165) is 23.1 Å². The molecule has 1 unspecified atom stereocenters. The topological polar surface area (TPSA) is 111 Å². The van der Waals surface area contributed by atoms with Crippen LogP contribution in [-0.4, -0.2) is 61.7 Å². The fraction of sp³-hybridized carbons (Fsp3) is 0.296. The molecule has 12 heteroatoms. The fourth-order valence-electron chi connectivity index (χ4n) is 4.60. The summed E-state index contributed by atoms with van der Waals surface area (Å²) in [6.07, 6.45) is 5.05. The molecule has 0 spiro atoms. The van der Waals surface area contributed by atoms with Crippen LogP contribution in [0.3, 0.4) is 0 Å². The van der Waals surface area contributed by atoms with Gasteiger partial charge >= 0.3 is 0 Å². The van der Waals surface area contributed by atoms with E-state index in [1.807, 2.05) is 18.2 Å². The molecule has 0 saturated carbocycles.